The van der Waals surface area contributed by atoms with Crippen LogP contribution in [-0.2, 0) is 4.74 Å². The lowest BCUT2D eigenvalue weighted by Crippen LogP contribution is -2.27. The molecule has 0 bridgehead atoms. The van der Waals surface area contributed by atoms with Gasteiger partial charge in [0.25, 0.3) is 5.91 Å². The average Bonchev–Trinajstić information content (AvgIpc) is 2.38. The monoisotopic (exact) mass is 250 g/mol. The molecule has 1 amide bonds. The van der Waals surface area contributed by atoms with Gasteiger partial charge in [-0.05, 0) is 25.3 Å². The summed E-state index contributed by atoms with van der Waals surface area (Å²) < 4.78 is 5.59. The van der Waals surface area contributed by atoms with Crippen molar-refractivity contribution < 1.29 is 9.53 Å². The number of pyridine rings is 1. The van der Waals surface area contributed by atoms with Crippen LogP contribution in [0, 0.1) is 0 Å². The molecule has 2 heterocycles. The van der Waals surface area contributed by atoms with Gasteiger partial charge in [-0.1, -0.05) is 0 Å². The number of nitrogen functional groups attached to an aromatic ring is 1. The van der Waals surface area contributed by atoms with E-state index in [-0.39, 0.29) is 11.7 Å². The second-order valence-electron chi connectivity index (χ2n) is 4.39. The third-order valence-electron chi connectivity index (χ3n) is 2.99. The molecule has 1 aliphatic rings. The van der Waals surface area contributed by atoms with E-state index in [2.05, 4.69) is 10.3 Å². The maximum absolute atomic E-state index is 11.1. The Morgan fingerprint density at radius 3 is 3.06 bits per heavy atom. The van der Waals surface area contributed by atoms with E-state index in [1.54, 1.807) is 6.07 Å². The topological polar surface area (TPSA) is 103 Å². The number of primary amides is 1. The van der Waals surface area contributed by atoms with Crippen molar-refractivity contribution in [1.29, 1.82) is 0 Å². The quantitative estimate of drug-likeness (QED) is 0.731. The molecular formula is C12H18N4O2. The Morgan fingerprint density at radius 1 is 1.56 bits per heavy atom. The Morgan fingerprint density at radius 2 is 2.39 bits per heavy atom. The third kappa shape index (κ3) is 3.10. The number of ether oxygens (including phenoxy) is 1. The van der Waals surface area contributed by atoms with Crippen molar-refractivity contribution in [2.75, 3.05) is 24.2 Å². The Labute approximate surface area is 106 Å². The third-order valence-corrected chi connectivity index (χ3v) is 2.99. The van der Waals surface area contributed by atoms with Crippen LogP contribution in [-0.4, -0.2) is 30.1 Å². The number of nitrogens with two attached hydrogens (primary N) is 2. The number of hydrogen-bond donors (Lipinski definition) is 3. The van der Waals surface area contributed by atoms with Crippen molar-refractivity contribution in [2.24, 2.45) is 5.73 Å². The average molecular weight is 250 g/mol. The largest absolute Gasteiger partial charge is 0.397 e. The van der Waals surface area contributed by atoms with E-state index in [9.17, 15) is 4.79 Å². The molecule has 5 N–H and O–H groups in total. The molecule has 2 rings (SSSR count). The number of hydrogen-bond acceptors (Lipinski definition) is 5. The second-order valence-corrected chi connectivity index (χ2v) is 4.39. The number of aromatic nitrogens is 1. The molecule has 1 aromatic heterocycles. The van der Waals surface area contributed by atoms with Crippen LogP contribution in [0.3, 0.4) is 0 Å². The van der Waals surface area contributed by atoms with Crippen LogP contribution >= 0.6 is 0 Å². The van der Waals surface area contributed by atoms with Crippen LogP contribution in [0.2, 0.25) is 0 Å². The number of rotatable bonds is 4. The molecule has 1 aromatic rings. The first-order chi connectivity index (χ1) is 8.66. The van der Waals surface area contributed by atoms with Gasteiger partial charge in [-0.25, -0.2) is 4.98 Å². The van der Waals surface area contributed by atoms with Gasteiger partial charge in [0.1, 0.15) is 5.82 Å². The predicted molar refractivity (Wildman–Crippen MR) is 69.2 cm³/mol. The summed E-state index contributed by atoms with van der Waals surface area (Å²) in [5, 5.41) is 3.14. The number of carbonyl (C=O) groups excluding carboxylic acids is 1. The van der Waals surface area contributed by atoms with E-state index in [0.717, 1.165) is 19.4 Å². The van der Waals surface area contributed by atoms with Crippen LogP contribution in [0.1, 0.15) is 29.6 Å². The molecule has 1 fully saturated rings. The zero-order valence-electron chi connectivity index (χ0n) is 10.2. The molecule has 1 unspecified atom stereocenters. The van der Waals surface area contributed by atoms with E-state index >= 15 is 0 Å². The second kappa shape index (κ2) is 5.68. The molecule has 0 aromatic carbocycles. The molecule has 98 valence electrons. The standard InChI is InChI=1S/C12H18N4O2/c13-10-7-16-11(5-9(10)12(14)17)15-6-8-3-1-2-4-18-8/h5,7-8H,1-4,6,13H2,(H2,14,17)(H,15,16). The fourth-order valence-corrected chi connectivity index (χ4v) is 1.96. The first-order valence-electron chi connectivity index (χ1n) is 6.07. The Bertz CT molecular complexity index is 430. The Hall–Kier alpha value is -1.82. The number of anilines is 2. The minimum atomic E-state index is -0.549. The van der Waals surface area contributed by atoms with Crippen molar-refractivity contribution >= 4 is 17.4 Å². The normalized spacial score (nSPS) is 19.4. The summed E-state index contributed by atoms with van der Waals surface area (Å²) in [5.41, 5.74) is 11.4. The van der Waals surface area contributed by atoms with E-state index in [1.807, 2.05) is 0 Å². The van der Waals surface area contributed by atoms with Gasteiger partial charge in [-0.2, -0.15) is 0 Å². The summed E-state index contributed by atoms with van der Waals surface area (Å²) in [6, 6.07) is 1.57. The maximum atomic E-state index is 11.1. The lowest BCUT2D eigenvalue weighted by Gasteiger charge is -2.23. The lowest BCUT2D eigenvalue weighted by atomic mass is 10.1. The van der Waals surface area contributed by atoms with Crippen LogP contribution < -0.4 is 16.8 Å². The molecule has 0 saturated carbocycles. The fraction of sp³-hybridized carbons (Fsp3) is 0.500. The molecule has 0 aliphatic carbocycles. The van der Waals surface area contributed by atoms with Crippen molar-refractivity contribution in [3.05, 3.63) is 17.8 Å². The molecule has 18 heavy (non-hydrogen) atoms. The summed E-state index contributed by atoms with van der Waals surface area (Å²) in [5.74, 6) is 0.0408. The maximum Gasteiger partial charge on any atom is 0.250 e. The summed E-state index contributed by atoms with van der Waals surface area (Å²) in [7, 11) is 0. The van der Waals surface area contributed by atoms with Gasteiger partial charge in [0.2, 0.25) is 0 Å². The summed E-state index contributed by atoms with van der Waals surface area (Å²) >= 11 is 0. The molecule has 1 atom stereocenters. The lowest BCUT2D eigenvalue weighted by molar-refractivity contribution is 0.0247. The van der Waals surface area contributed by atoms with Gasteiger partial charge in [-0.15, -0.1) is 0 Å². The van der Waals surface area contributed by atoms with Crippen molar-refractivity contribution in [2.45, 2.75) is 25.4 Å². The summed E-state index contributed by atoms with van der Waals surface area (Å²) in [6.07, 6.45) is 5.00. The summed E-state index contributed by atoms with van der Waals surface area (Å²) in [6.45, 7) is 1.49. The fourth-order valence-electron chi connectivity index (χ4n) is 1.96. The van der Waals surface area contributed by atoms with Gasteiger partial charge < -0.3 is 21.5 Å². The van der Waals surface area contributed by atoms with Crippen molar-refractivity contribution in [3.63, 3.8) is 0 Å². The number of carbonyl (C=O) groups is 1. The van der Waals surface area contributed by atoms with E-state index in [0.29, 0.717) is 18.1 Å². The summed E-state index contributed by atoms with van der Waals surface area (Å²) in [4.78, 5) is 15.2. The number of amides is 1. The predicted octanol–water partition coefficient (Wildman–Crippen LogP) is 0.744. The smallest absolute Gasteiger partial charge is 0.250 e. The van der Waals surface area contributed by atoms with Gasteiger partial charge in [0.05, 0.1) is 23.6 Å². The van der Waals surface area contributed by atoms with Gasteiger partial charge in [0, 0.05) is 13.2 Å². The molecule has 6 heteroatoms. The Balaban J connectivity index is 1.96. The van der Waals surface area contributed by atoms with E-state index in [4.69, 9.17) is 16.2 Å². The Kier molecular flexibility index (Phi) is 3.99. The van der Waals surface area contributed by atoms with Gasteiger partial charge >= 0.3 is 0 Å². The zero-order valence-corrected chi connectivity index (χ0v) is 10.2. The first kappa shape index (κ1) is 12.6. The zero-order chi connectivity index (χ0) is 13.0. The van der Waals surface area contributed by atoms with Crippen LogP contribution in [0.15, 0.2) is 12.3 Å². The molecule has 6 nitrogen and oxygen atoms in total. The highest BCUT2D eigenvalue weighted by atomic mass is 16.5. The van der Waals surface area contributed by atoms with Crippen LogP contribution in [0.5, 0.6) is 0 Å². The first-order valence-corrected chi connectivity index (χ1v) is 6.07. The molecule has 0 radical (unpaired) electrons. The molecule has 0 spiro atoms. The number of nitrogens with zero attached hydrogens (tertiary/aromatic N) is 1. The van der Waals surface area contributed by atoms with Gasteiger partial charge in [0.15, 0.2) is 0 Å². The van der Waals surface area contributed by atoms with E-state index in [1.165, 1.54) is 12.6 Å². The van der Waals surface area contributed by atoms with Crippen LogP contribution in [0.4, 0.5) is 11.5 Å². The van der Waals surface area contributed by atoms with E-state index < -0.39 is 5.91 Å². The number of nitrogens with one attached hydrogen (secondary N) is 1. The molecule has 1 saturated heterocycles. The van der Waals surface area contributed by atoms with Gasteiger partial charge in [-0.3, -0.25) is 4.79 Å². The highest BCUT2D eigenvalue weighted by Gasteiger charge is 2.14. The highest BCUT2D eigenvalue weighted by molar-refractivity contribution is 5.98. The molecule has 1 aliphatic heterocycles. The SMILES string of the molecule is NC(=O)c1cc(NCC2CCCCO2)ncc1N. The van der Waals surface area contributed by atoms with Crippen molar-refractivity contribution in [1.82, 2.24) is 4.98 Å². The molecular weight excluding hydrogens is 232 g/mol. The van der Waals surface area contributed by atoms with Crippen LogP contribution in [0.25, 0.3) is 0 Å². The minimum Gasteiger partial charge on any atom is -0.397 e. The highest BCUT2D eigenvalue weighted by Crippen LogP contribution is 2.16. The minimum absolute atomic E-state index is 0.204. The van der Waals surface area contributed by atoms with Crippen molar-refractivity contribution in [3.8, 4) is 0 Å².